The predicted molar refractivity (Wildman–Crippen MR) is 86.4 cm³/mol. The maximum atomic E-state index is 11.9. The third kappa shape index (κ3) is 5.79. The molecule has 6 heteroatoms. The first-order chi connectivity index (χ1) is 11.0. The first kappa shape index (κ1) is 17.1. The van der Waals surface area contributed by atoms with Crippen LogP contribution in [0.5, 0.6) is 0 Å². The van der Waals surface area contributed by atoms with Gasteiger partial charge in [-0.15, -0.1) is 0 Å². The summed E-state index contributed by atoms with van der Waals surface area (Å²) < 4.78 is 5.12. The van der Waals surface area contributed by atoms with Crippen LogP contribution in [0, 0.1) is 0 Å². The molecule has 1 heterocycles. The van der Waals surface area contributed by atoms with Crippen LogP contribution in [-0.4, -0.2) is 23.0 Å². The lowest BCUT2D eigenvalue weighted by Crippen LogP contribution is -2.42. The van der Waals surface area contributed by atoms with Crippen LogP contribution < -0.4 is 5.32 Å². The molecule has 1 aromatic carbocycles. The Morgan fingerprint density at radius 2 is 1.96 bits per heavy atom. The largest absolute Gasteiger partial charge is 0.480 e. The lowest BCUT2D eigenvalue weighted by molar-refractivity contribution is -0.141. The van der Waals surface area contributed by atoms with Crippen LogP contribution in [0.15, 0.2) is 47.1 Å². The van der Waals surface area contributed by atoms with E-state index in [4.69, 9.17) is 16.0 Å². The Balaban J connectivity index is 1.77. The van der Waals surface area contributed by atoms with E-state index in [1.165, 1.54) is 6.26 Å². The van der Waals surface area contributed by atoms with Gasteiger partial charge in [0.2, 0.25) is 5.91 Å². The van der Waals surface area contributed by atoms with E-state index < -0.39 is 12.0 Å². The van der Waals surface area contributed by atoms with Gasteiger partial charge in [0.1, 0.15) is 11.8 Å². The van der Waals surface area contributed by atoms with Crippen LogP contribution >= 0.6 is 11.6 Å². The summed E-state index contributed by atoms with van der Waals surface area (Å²) in [7, 11) is 0. The zero-order valence-electron chi connectivity index (χ0n) is 12.5. The highest BCUT2D eigenvalue weighted by Gasteiger charge is 2.21. The first-order valence-electron chi connectivity index (χ1n) is 7.33. The summed E-state index contributed by atoms with van der Waals surface area (Å²) in [5.41, 5.74) is 1.09. The molecule has 122 valence electrons. The van der Waals surface area contributed by atoms with Gasteiger partial charge in [-0.1, -0.05) is 23.7 Å². The van der Waals surface area contributed by atoms with E-state index in [0.29, 0.717) is 17.2 Å². The van der Waals surface area contributed by atoms with Crippen molar-refractivity contribution in [1.82, 2.24) is 5.32 Å². The molecule has 0 radical (unpaired) electrons. The number of hydrogen-bond donors (Lipinski definition) is 2. The van der Waals surface area contributed by atoms with Crippen molar-refractivity contribution in [3.8, 4) is 0 Å². The molecule has 23 heavy (non-hydrogen) atoms. The van der Waals surface area contributed by atoms with Gasteiger partial charge >= 0.3 is 5.97 Å². The summed E-state index contributed by atoms with van der Waals surface area (Å²) in [5, 5.41) is 12.4. The summed E-state index contributed by atoms with van der Waals surface area (Å²) >= 11 is 5.81. The Hall–Kier alpha value is -2.27. The Morgan fingerprint density at radius 3 is 2.57 bits per heavy atom. The highest BCUT2D eigenvalue weighted by molar-refractivity contribution is 6.30. The topological polar surface area (TPSA) is 79.5 Å². The Labute approximate surface area is 139 Å². The number of furan rings is 1. The Bertz CT molecular complexity index is 637. The molecule has 0 aliphatic carbocycles. The van der Waals surface area contributed by atoms with Crippen LogP contribution in [0.2, 0.25) is 5.02 Å². The van der Waals surface area contributed by atoms with Crippen molar-refractivity contribution in [3.05, 3.63) is 59.0 Å². The van der Waals surface area contributed by atoms with Gasteiger partial charge in [0.25, 0.3) is 0 Å². The van der Waals surface area contributed by atoms with Crippen LogP contribution in [0.4, 0.5) is 0 Å². The minimum Gasteiger partial charge on any atom is -0.480 e. The molecule has 0 spiro atoms. The fourth-order valence-electron chi connectivity index (χ4n) is 2.20. The number of carboxylic acids is 1. The third-order valence-corrected chi connectivity index (χ3v) is 3.65. The lowest BCUT2D eigenvalue weighted by Gasteiger charge is -2.13. The van der Waals surface area contributed by atoms with E-state index in [2.05, 4.69) is 5.32 Å². The second kappa shape index (κ2) is 8.39. The average molecular weight is 336 g/mol. The summed E-state index contributed by atoms with van der Waals surface area (Å²) in [5.74, 6) is -0.829. The van der Waals surface area contributed by atoms with Gasteiger partial charge in [-0.05, 0) is 42.7 Å². The molecule has 0 aliphatic heterocycles. The second-order valence-corrected chi connectivity index (χ2v) is 5.66. The van der Waals surface area contributed by atoms with E-state index >= 15 is 0 Å². The predicted octanol–water partition coefficient (Wildman–Crippen LogP) is 3.07. The van der Waals surface area contributed by atoms with Crippen molar-refractivity contribution in [1.29, 1.82) is 0 Å². The molecule has 2 aromatic rings. The quantitative estimate of drug-likeness (QED) is 0.777. The van der Waals surface area contributed by atoms with Crippen LogP contribution in [0.1, 0.15) is 24.2 Å². The molecule has 5 nitrogen and oxygen atoms in total. The van der Waals surface area contributed by atoms with Crippen molar-refractivity contribution < 1.29 is 19.1 Å². The highest BCUT2D eigenvalue weighted by atomic mass is 35.5. The zero-order chi connectivity index (χ0) is 16.7. The van der Waals surface area contributed by atoms with Crippen molar-refractivity contribution in [2.45, 2.75) is 31.7 Å². The summed E-state index contributed by atoms with van der Waals surface area (Å²) in [4.78, 5) is 23.1. The molecule has 0 saturated heterocycles. The van der Waals surface area contributed by atoms with E-state index in [-0.39, 0.29) is 18.7 Å². The molecule has 2 rings (SSSR count). The van der Waals surface area contributed by atoms with Gasteiger partial charge < -0.3 is 14.8 Å². The third-order valence-electron chi connectivity index (χ3n) is 3.40. The average Bonchev–Trinajstić information content (AvgIpc) is 3.01. The molecule has 1 atom stereocenters. The van der Waals surface area contributed by atoms with Gasteiger partial charge in [-0.3, -0.25) is 4.79 Å². The number of rotatable bonds is 8. The smallest absolute Gasteiger partial charge is 0.326 e. The zero-order valence-corrected chi connectivity index (χ0v) is 13.3. The van der Waals surface area contributed by atoms with Crippen molar-refractivity contribution in [2.75, 3.05) is 0 Å². The maximum absolute atomic E-state index is 11.9. The van der Waals surface area contributed by atoms with E-state index in [9.17, 15) is 14.7 Å². The molecule has 1 amide bonds. The number of nitrogens with one attached hydrogen (secondary N) is 1. The van der Waals surface area contributed by atoms with Crippen molar-refractivity contribution >= 4 is 23.5 Å². The molecule has 0 bridgehead atoms. The SMILES string of the molecule is O=C(CCCc1ccc(Cl)cc1)N[C@H](Cc1ccco1)C(=O)O. The minimum absolute atomic E-state index is 0.130. The molecular formula is C17H18ClNO4. The number of carboxylic acid groups (broad SMARTS) is 1. The number of carbonyl (C=O) groups excluding carboxylic acids is 1. The second-order valence-electron chi connectivity index (χ2n) is 5.22. The first-order valence-corrected chi connectivity index (χ1v) is 7.71. The Morgan fingerprint density at radius 1 is 1.22 bits per heavy atom. The van der Waals surface area contributed by atoms with Crippen molar-refractivity contribution in [2.24, 2.45) is 0 Å². The van der Waals surface area contributed by atoms with Gasteiger partial charge in [-0.2, -0.15) is 0 Å². The summed E-state index contributed by atoms with van der Waals surface area (Å²) in [6.07, 6.45) is 3.25. The number of aryl methyl sites for hydroxylation is 1. The van der Waals surface area contributed by atoms with Crippen molar-refractivity contribution in [3.63, 3.8) is 0 Å². The Kier molecular flexibility index (Phi) is 6.23. The van der Waals surface area contributed by atoms with E-state index in [1.54, 1.807) is 24.3 Å². The normalized spacial score (nSPS) is 11.9. The number of carbonyl (C=O) groups is 2. The van der Waals surface area contributed by atoms with Gasteiger partial charge in [0.15, 0.2) is 0 Å². The molecule has 1 aromatic heterocycles. The maximum Gasteiger partial charge on any atom is 0.326 e. The monoisotopic (exact) mass is 335 g/mol. The highest BCUT2D eigenvalue weighted by Crippen LogP contribution is 2.12. The molecule has 0 fully saturated rings. The number of benzene rings is 1. The lowest BCUT2D eigenvalue weighted by atomic mass is 10.1. The molecule has 0 saturated carbocycles. The van der Waals surface area contributed by atoms with Gasteiger partial charge in [-0.25, -0.2) is 4.79 Å². The minimum atomic E-state index is -1.08. The molecular weight excluding hydrogens is 318 g/mol. The fraction of sp³-hybridized carbons (Fsp3) is 0.294. The van der Waals surface area contributed by atoms with Gasteiger partial charge in [0, 0.05) is 17.9 Å². The van der Waals surface area contributed by atoms with E-state index in [1.807, 2.05) is 12.1 Å². The number of amides is 1. The van der Waals surface area contributed by atoms with Crippen LogP contribution in [0.3, 0.4) is 0 Å². The fourth-order valence-corrected chi connectivity index (χ4v) is 2.33. The summed E-state index contributed by atoms with van der Waals surface area (Å²) in [6, 6.07) is 9.82. The van der Waals surface area contributed by atoms with E-state index in [0.717, 1.165) is 12.0 Å². The number of aliphatic carboxylic acids is 1. The standard InChI is InChI=1S/C17H18ClNO4/c18-13-8-6-12(7-9-13)3-1-5-16(20)19-15(17(21)22)11-14-4-2-10-23-14/h2,4,6-10,15H,1,3,5,11H2,(H,19,20)(H,21,22)/t15-/m1/s1. The van der Waals surface area contributed by atoms with Crippen LogP contribution in [-0.2, 0) is 22.4 Å². The molecule has 0 aliphatic rings. The number of halogens is 1. The van der Waals surface area contributed by atoms with Crippen LogP contribution in [0.25, 0.3) is 0 Å². The summed E-state index contributed by atoms with van der Waals surface area (Å²) in [6.45, 7) is 0. The van der Waals surface area contributed by atoms with Gasteiger partial charge in [0.05, 0.1) is 6.26 Å². The molecule has 0 unspecified atom stereocenters. The molecule has 2 N–H and O–H groups in total. The number of hydrogen-bond acceptors (Lipinski definition) is 3.